The molecule has 0 unspecified atom stereocenters. The predicted molar refractivity (Wildman–Crippen MR) is 237 cm³/mol. The van der Waals surface area contributed by atoms with E-state index in [1.54, 1.807) is 19.1 Å². The number of ether oxygens (including phenoxy) is 8. The summed E-state index contributed by atoms with van der Waals surface area (Å²) in [6, 6.07) is 9.03. The van der Waals surface area contributed by atoms with Crippen LogP contribution in [0.2, 0.25) is 0 Å². The lowest BCUT2D eigenvalue weighted by Gasteiger charge is -2.38. The maximum absolute atomic E-state index is 14.1. The molecule has 2 aromatic heterocycles. The molecule has 69 heavy (non-hydrogen) atoms. The van der Waals surface area contributed by atoms with Crippen molar-refractivity contribution in [2.24, 2.45) is 5.73 Å². The molecular formula is C46H53N5O18. The Balaban J connectivity index is 1.03. The van der Waals surface area contributed by atoms with Crippen molar-refractivity contribution >= 4 is 40.5 Å². The first-order valence-corrected chi connectivity index (χ1v) is 22.3. The highest BCUT2D eigenvalue weighted by Gasteiger charge is 2.49. The molecule has 6 atom stereocenters. The maximum Gasteiger partial charge on any atom is 0.410 e. The van der Waals surface area contributed by atoms with E-state index in [4.69, 9.17) is 48.6 Å². The van der Waals surface area contributed by atoms with Gasteiger partial charge in [0, 0.05) is 41.7 Å². The normalized spacial score (nSPS) is 22.2. The molecule has 0 radical (unpaired) electrons. The summed E-state index contributed by atoms with van der Waals surface area (Å²) in [5.74, 6) is -2.29. The van der Waals surface area contributed by atoms with Gasteiger partial charge in [-0.15, -0.1) is 0 Å². The lowest BCUT2D eigenvalue weighted by Crippen LogP contribution is -2.61. The number of carboxylic acids is 1. The Morgan fingerprint density at radius 2 is 1.74 bits per heavy atom. The second kappa shape index (κ2) is 20.3. The SMILES string of the molecule is CC[C@@]1(O)C(=O)OCc2c1cc1n(c2=O)Cc2c-1nc1cc3c(cc1c2CCN(C(=O)OCc1ccc(O[C@@H]2O[C@H](C(=O)O)[C@@H](O)[C@H](O)[C@H]2O)c(NC(=O)COCCOCCN)c1)C(C)C)OCO3. The largest absolute Gasteiger partial charge is 0.479 e. The van der Waals surface area contributed by atoms with Crippen molar-refractivity contribution in [3.8, 4) is 28.6 Å². The number of nitrogens with one attached hydrogen (secondary N) is 1. The highest BCUT2D eigenvalue weighted by atomic mass is 16.7. The van der Waals surface area contributed by atoms with Gasteiger partial charge in [-0.05, 0) is 62.1 Å². The molecule has 2 aromatic carbocycles. The number of hydrogen-bond acceptors (Lipinski definition) is 19. The van der Waals surface area contributed by atoms with Crippen LogP contribution in [0.5, 0.6) is 17.2 Å². The minimum atomic E-state index is -2.02. The van der Waals surface area contributed by atoms with Crippen LogP contribution in [0.4, 0.5) is 10.5 Å². The Hall–Kier alpha value is -6.44. The molecule has 23 nitrogen and oxygen atoms in total. The zero-order valence-corrected chi connectivity index (χ0v) is 37.9. The molecule has 370 valence electrons. The van der Waals surface area contributed by atoms with Gasteiger partial charge >= 0.3 is 18.0 Å². The van der Waals surface area contributed by atoms with Crippen LogP contribution in [0.3, 0.4) is 0 Å². The molecule has 2 amide bonds. The van der Waals surface area contributed by atoms with Gasteiger partial charge in [-0.25, -0.2) is 19.4 Å². The highest BCUT2D eigenvalue weighted by molar-refractivity contribution is 5.94. The number of aliphatic hydroxyl groups is 4. The van der Waals surface area contributed by atoms with E-state index in [2.05, 4.69) is 5.32 Å². The minimum Gasteiger partial charge on any atom is -0.479 e. The van der Waals surface area contributed by atoms with Crippen LogP contribution >= 0.6 is 0 Å². The maximum atomic E-state index is 14.1. The molecule has 6 heterocycles. The predicted octanol–water partition coefficient (Wildman–Crippen LogP) is 0.599. The van der Waals surface area contributed by atoms with Gasteiger partial charge in [-0.3, -0.25) is 9.59 Å². The van der Waals surface area contributed by atoms with Gasteiger partial charge in [0.05, 0.1) is 54.5 Å². The van der Waals surface area contributed by atoms with Crippen LogP contribution in [0.25, 0.3) is 22.3 Å². The fraction of sp³-hybridized carbons (Fsp3) is 0.478. The molecule has 0 spiro atoms. The molecule has 0 bridgehead atoms. The number of nitrogens with zero attached hydrogens (tertiary/aromatic N) is 3. The number of pyridine rings is 2. The number of cyclic esters (lactones) is 1. The third-order valence-electron chi connectivity index (χ3n) is 12.4. The van der Waals surface area contributed by atoms with Gasteiger partial charge in [-0.1, -0.05) is 13.0 Å². The van der Waals surface area contributed by atoms with Gasteiger partial charge < -0.3 is 83.9 Å². The van der Waals surface area contributed by atoms with E-state index < -0.39 is 72.4 Å². The number of aliphatic carboxylic acids is 1. The second-order valence-corrected chi connectivity index (χ2v) is 17.0. The fourth-order valence-electron chi connectivity index (χ4n) is 8.65. The average Bonchev–Trinajstić information content (AvgIpc) is 3.94. The van der Waals surface area contributed by atoms with Crippen LogP contribution in [-0.4, -0.2) is 147 Å². The summed E-state index contributed by atoms with van der Waals surface area (Å²) in [6.07, 6.45) is -10.1. The Labute approximate surface area is 393 Å². The molecule has 4 aliphatic rings. The first kappa shape index (κ1) is 49.0. The van der Waals surface area contributed by atoms with Crippen molar-refractivity contribution in [3.05, 3.63) is 74.6 Å². The summed E-state index contributed by atoms with van der Waals surface area (Å²) in [5.41, 5.74) is 6.50. The van der Waals surface area contributed by atoms with E-state index in [-0.39, 0.29) is 87.8 Å². The lowest BCUT2D eigenvalue weighted by molar-refractivity contribution is -0.271. The number of aliphatic hydroxyl groups excluding tert-OH is 3. The highest BCUT2D eigenvalue weighted by Crippen LogP contribution is 2.43. The summed E-state index contributed by atoms with van der Waals surface area (Å²) in [7, 11) is 0. The fourth-order valence-corrected chi connectivity index (χ4v) is 8.65. The average molecular weight is 964 g/mol. The van der Waals surface area contributed by atoms with E-state index in [0.717, 1.165) is 5.56 Å². The smallest absolute Gasteiger partial charge is 0.410 e. The van der Waals surface area contributed by atoms with E-state index in [1.165, 1.54) is 27.7 Å². The topological polar surface area (TPSA) is 319 Å². The van der Waals surface area contributed by atoms with Gasteiger partial charge in [0.25, 0.3) is 5.56 Å². The summed E-state index contributed by atoms with van der Waals surface area (Å²) in [4.78, 5) is 72.1. The quantitative estimate of drug-likeness (QED) is 0.0467. The number of anilines is 1. The Kier molecular flexibility index (Phi) is 14.4. The molecule has 8 rings (SSSR count). The van der Waals surface area contributed by atoms with Crippen LogP contribution < -0.4 is 30.8 Å². The first-order chi connectivity index (χ1) is 33.0. The standard InChI is InChI=1S/C46H53N5O18/c1-4-46(61)28-15-31-36-26(17-51(31)41(56)27(28)19-64-44(46)59)24(25-14-33-34(67-21-66-33)16-29(25)49-36)7-9-50(22(2)3)45(60)65-18-23-5-6-32(30(13-23)48-35(52)20-63-12-11-62-10-8-47)68-43-39(55)37(53)38(54)40(69-43)42(57)58/h5-6,13-16,22,37-40,43,53-55,61H,4,7-12,17-21,47H2,1-3H3,(H,48,52)(H,57,58)/t37-,38-,39+,40-,43+,46-/m0/s1. The van der Waals surface area contributed by atoms with Gasteiger partial charge in [0.2, 0.25) is 19.0 Å². The third kappa shape index (κ3) is 9.63. The Bertz CT molecular complexity index is 2710. The molecule has 0 aliphatic carbocycles. The zero-order valence-electron chi connectivity index (χ0n) is 37.9. The molecular weight excluding hydrogens is 911 g/mol. The lowest BCUT2D eigenvalue weighted by atomic mass is 9.86. The molecule has 4 aliphatic heterocycles. The summed E-state index contributed by atoms with van der Waals surface area (Å²) >= 11 is 0. The van der Waals surface area contributed by atoms with Crippen molar-refractivity contribution in [1.82, 2.24) is 14.5 Å². The molecule has 8 N–H and O–H groups in total. The van der Waals surface area contributed by atoms with Crippen molar-refractivity contribution in [1.29, 1.82) is 0 Å². The molecule has 1 saturated heterocycles. The number of carbonyl (C=O) groups excluding carboxylic acids is 3. The van der Waals surface area contributed by atoms with E-state index in [9.17, 15) is 49.5 Å². The number of benzene rings is 2. The first-order valence-electron chi connectivity index (χ1n) is 22.3. The monoisotopic (exact) mass is 963 g/mol. The van der Waals surface area contributed by atoms with Crippen molar-refractivity contribution in [2.75, 3.05) is 51.6 Å². The number of amides is 2. The van der Waals surface area contributed by atoms with E-state index >= 15 is 0 Å². The van der Waals surface area contributed by atoms with Crippen LogP contribution in [0, 0.1) is 0 Å². The summed E-state index contributed by atoms with van der Waals surface area (Å²) < 4.78 is 45.7. The Morgan fingerprint density at radius 1 is 0.986 bits per heavy atom. The van der Waals surface area contributed by atoms with Crippen LogP contribution in [-0.2, 0) is 69.8 Å². The molecule has 0 saturated carbocycles. The molecule has 23 heteroatoms. The second-order valence-electron chi connectivity index (χ2n) is 17.0. The minimum absolute atomic E-state index is 0.00792. The number of esters is 1. The van der Waals surface area contributed by atoms with Crippen LogP contribution in [0.15, 0.2) is 41.2 Å². The molecule has 4 aromatic rings. The third-order valence-corrected chi connectivity index (χ3v) is 12.4. The van der Waals surface area contributed by atoms with Crippen molar-refractivity contribution < 1.29 is 82.6 Å². The number of carbonyl (C=O) groups is 4. The zero-order chi connectivity index (χ0) is 49.3. The number of carboxylic acid groups (broad SMARTS) is 1. The summed E-state index contributed by atoms with van der Waals surface area (Å²) in [5, 5.41) is 55.4. The van der Waals surface area contributed by atoms with E-state index in [0.29, 0.717) is 58.1 Å². The van der Waals surface area contributed by atoms with Gasteiger partial charge in [0.15, 0.2) is 23.2 Å². The summed E-state index contributed by atoms with van der Waals surface area (Å²) in [6.45, 7) is 5.32. The number of rotatable bonds is 18. The van der Waals surface area contributed by atoms with Crippen molar-refractivity contribution in [3.63, 3.8) is 0 Å². The molecule has 1 fully saturated rings. The van der Waals surface area contributed by atoms with Gasteiger partial charge in [0.1, 0.15) is 43.9 Å². The Morgan fingerprint density at radius 3 is 2.46 bits per heavy atom. The number of hydrogen-bond donors (Lipinski definition) is 7. The van der Waals surface area contributed by atoms with E-state index in [1.807, 2.05) is 19.9 Å². The van der Waals surface area contributed by atoms with Gasteiger partial charge in [-0.2, -0.15) is 0 Å². The number of nitrogens with two attached hydrogens (primary N) is 1. The van der Waals surface area contributed by atoms with Crippen LogP contribution in [0.1, 0.15) is 55.0 Å². The number of aromatic nitrogens is 2. The number of fused-ring (bicyclic) bond motifs is 6. The van der Waals surface area contributed by atoms with Crippen molar-refractivity contribution in [2.45, 2.75) is 95.7 Å².